The second-order valence-corrected chi connectivity index (χ2v) is 3.99. The van der Waals surface area contributed by atoms with Crippen LogP contribution >= 0.6 is 24.8 Å². The summed E-state index contributed by atoms with van der Waals surface area (Å²) in [4.78, 5) is 15.6. The molecule has 0 saturated carbocycles. The number of carbonyl (C=O) groups is 1. The van der Waals surface area contributed by atoms with E-state index in [-0.39, 0.29) is 30.8 Å². The van der Waals surface area contributed by atoms with Gasteiger partial charge in [0.15, 0.2) is 0 Å². The van der Waals surface area contributed by atoms with Crippen molar-refractivity contribution in [2.45, 2.75) is 18.8 Å². The molecule has 2 rings (SSSR count). The minimum atomic E-state index is -0.329. The number of rotatable bonds is 2. The highest BCUT2D eigenvalue weighted by molar-refractivity contribution is 5.88. The lowest BCUT2D eigenvalue weighted by Gasteiger charge is -2.21. The minimum Gasteiger partial charge on any atom is -0.465 e. The van der Waals surface area contributed by atoms with Crippen molar-refractivity contribution in [1.29, 1.82) is 0 Å². The van der Waals surface area contributed by atoms with Gasteiger partial charge in [-0.2, -0.15) is 0 Å². The van der Waals surface area contributed by atoms with E-state index in [1.807, 2.05) is 6.07 Å². The zero-order valence-electron chi connectivity index (χ0n) is 10.2. The molecule has 0 spiro atoms. The van der Waals surface area contributed by atoms with Gasteiger partial charge in [0, 0.05) is 17.8 Å². The highest BCUT2D eigenvalue weighted by Gasteiger charge is 2.16. The van der Waals surface area contributed by atoms with Gasteiger partial charge in [0.05, 0.1) is 12.7 Å². The molecular formula is C12H18Cl2N2O2. The van der Waals surface area contributed by atoms with Gasteiger partial charge in [0.25, 0.3) is 0 Å². The fraction of sp³-hybridized carbons (Fsp3) is 0.500. The largest absolute Gasteiger partial charge is 0.465 e. The molecule has 1 N–H and O–H groups in total. The van der Waals surface area contributed by atoms with E-state index in [9.17, 15) is 4.79 Å². The normalized spacial score (nSPS) is 15.2. The third-order valence-corrected chi connectivity index (χ3v) is 2.96. The van der Waals surface area contributed by atoms with Crippen LogP contribution in [-0.4, -0.2) is 31.2 Å². The topological polar surface area (TPSA) is 51.2 Å². The number of hydrogen-bond acceptors (Lipinski definition) is 4. The summed E-state index contributed by atoms with van der Waals surface area (Å²) in [5.74, 6) is 0.192. The standard InChI is InChI=1S/C12H16N2O2.2ClH/c1-16-12(15)10-2-3-11(14-8-10)9-4-6-13-7-5-9;;/h2-3,8-9,13H,4-7H2,1H3;2*1H. The summed E-state index contributed by atoms with van der Waals surface area (Å²) in [7, 11) is 1.38. The van der Waals surface area contributed by atoms with Crippen LogP contribution in [0.4, 0.5) is 0 Å². The van der Waals surface area contributed by atoms with Crippen LogP contribution in [0, 0.1) is 0 Å². The van der Waals surface area contributed by atoms with Crippen molar-refractivity contribution < 1.29 is 9.53 Å². The predicted octanol–water partition coefficient (Wildman–Crippen LogP) is 2.18. The molecule has 1 aliphatic heterocycles. The molecular weight excluding hydrogens is 275 g/mol. The Morgan fingerprint density at radius 3 is 2.50 bits per heavy atom. The molecule has 0 unspecified atom stereocenters. The monoisotopic (exact) mass is 292 g/mol. The van der Waals surface area contributed by atoms with E-state index in [1.54, 1.807) is 12.3 Å². The number of ether oxygens (including phenoxy) is 1. The Labute approximate surface area is 119 Å². The summed E-state index contributed by atoms with van der Waals surface area (Å²) in [6, 6.07) is 3.72. The van der Waals surface area contributed by atoms with Gasteiger partial charge < -0.3 is 10.1 Å². The number of aromatic nitrogens is 1. The van der Waals surface area contributed by atoms with E-state index in [0.29, 0.717) is 11.5 Å². The zero-order valence-corrected chi connectivity index (χ0v) is 11.9. The van der Waals surface area contributed by atoms with Gasteiger partial charge in [-0.3, -0.25) is 4.98 Å². The predicted molar refractivity (Wildman–Crippen MR) is 74.9 cm³/mol. The Kier molecular flexibility index (Phi) is 7.91. The fourth-order valence-corrected chi connectivity index (χ4v) is 2.00. The fourth-order valence-electron chi connectivity index (χ4n) is 2.00. The van der Waals surface area contributed by atoms with E-state index < -0.39 is 0 Å². The number of nitrogens with one attached hydrogen (secondary N) is 1. The minimum absolute atomic E-state index is 0. The maximum absolute atomic E-state index is 11.2. The molecule has 0 bridgehead atoms. The summed E-state index contributed by atoms with van der Waals surface area (Å²) in [5.41, 5.74) is 1.59. The number of hydrogen-bond donors (Lipinski definition) is 1. The number of nitrogens with zero attached hydrogens (tertiary/aromatic N) is 1. The number of carbonyl (C=O) groups excluding carboxylic acids is 1. The van der Waals surface area contributed by atoms with Gasteiger partial charge in [-0.05, 0) is 38.1 Å². The lowest BCUT2D eigenvalue weighted by Crippen LogP contribution is -2.27. The van der Waals surface area contributed by atoms with Gasteiger partial charge >= 0.3 is 5.97 Å². The van der Waals surface area contributed by atoms with Crippen LogP contribution in [0.3, 0.4) is 0 Å². The first-order chi connectivity index (χ1) is 7.81. The first-order valence-corrected chi connectivity index (χ1v) is 5.56. The molecule has 2 heterocycles. The molecule has 18 heavy (non-hydrogen) atoms. The van der Waals surface area contributed by atoms with Crippen LogP contribution in [0.15, 0.2) is 18.3 Å². The highest BCUT2D eigenvalue weighted by atomic mass is 35.5. The summed E-state index contributed by atoms with van der Waals surface area (Å²) >= 11 is 0. The molecule has 0 aliphatic carbocycles. The van der Waals surface area contributed by atoms with Gasteiger partial charge in [-0.1, -0.05) is 0 Å². The van der Waals surface area contributed by atoms with Crippen LogP contribution < -0.4 is 5.32 Å². The summed E-state index contributed by atoms with van der Waals surface area (Å²) in [5, 5.41) is 3.32. The molecule has 1 saturated heterocycles. The van der Waals surface area contributed by atoms with Gasteiger partial charge in [-0.25, -0.2) is 4.79 Å². The molecule has 1 fully saturated rings. The summed E-state index contributed by atoms with van der Waals surface area (Å²) in [6.07, 6.45) is 3.83. The molecule has 0 atom stereocenters. The number of esters is 1. The second kappa shape index (κ2) is 8.29. The number of methoxy groups -OCH3 is 1. The molecule has 0 radical (unpaired) electrons. The number of halogens is 2. The van der Waals surface area contributed by atoms with E-state index in [1.165, 1.54) is 7.11 Å². The Morgan fingerprint density at radius 1 is 1.33 bits per heavy atom. The smallest absolute Gasteiger partial charge is 0.339 e. The van der Waals surface area contributed by atoms with Crippen molar-refractivity contribution in [2.75, 3.05) is 20.2 Å². The van der Waals surface area contributed by atoms with Gasteiger partial charge in [0.2, 0.25) is 0 Å². The average Bonchev–Trinajstić information content (AvgIpc) is 2.39. The quantitative estimate of drug-likeness (QED) is 0.849. The van der Waals surface area contributed by atoms with Crippen molar-refractivity contribution in [3.05, 3.63) is 29.6 Å². The van der Waals surface area contributed by atoms with Crippen LogP contribution in [0.25, 0.3) is 0 Å². The third-order valence-electron chi connectivity index (χ3n) is 2.96. The molecule has 1 aromatic rings. The van der Waals surface area contributed by atoms with E-state index in [4.69, 9.17) is 0 Å². The second-order valence-electron chi connectivity index (χ2n) is 3.99. The molecule has 1 aromatic heterocycles. The molecule has 0 aromatic carbocycles. The maximum Gasteiger partial charge on any atom is 0.339 e. The molecule has 0 amide bonds. The van der Waals surface area contributed by atoms with Crippen molar-refractivity contribution in [2.24, 2.45) is 0 Å². The third kappa shape index (κ3) is 4.12. The molecule has 6 heteroatoms. The summed E-state index contributed by atoms with van der Waals surface area (Å²) in [6.45, 7) is 2.09. The Bertz CT molecular complexity index is 365. The Hall–Kier alpha value is -0.840. The van der Waals surface area contributed by atoms with Crippen LogP contribution in [0.5, 0.6) is 0 Å². The molecule has 1 aliphatic rings. The van der Waals surface area contributed by atoms with Gasteiger partial charge in [-0.15, -0.1) is 24.8 Å². The first kappa shape index (κ1) is 17.2. The van der Waals surface area contributed by atoms with Crippen molar-refractivity contribution >= 4 is 30.8 Å². The number of piperidine rings is 1. The number of pyridine rings is 1. The van der Waals surface area contributed by atoms with Gasteiger partial charge in [0.1, 0.15) is 0 Å². The average molecular weight is 293 g/mol. The van der Waals surface area contributed by atoms with Crippen LogP contribution in [0.1, 0.15) is 34.8 Å². The highest BCUT2D eigenvalue weighted by Crippen LogP contribution is 2.23. The van der Waals surface area contributed by atoms with E-state index >= 15 is 0 Å². The van der Waals surface area contributed by atoms with E-state index in [2.05, 4.69) is 15.0 Å². The lowest BCUT2D eigenvalue weighted by molar-refractivity contribution is 0.0600. The van der Waals surface area contributed by atoms with Crippen molar-refractivity contribution in [1.82, 2.24) is 10.3 Å². The maximum atomic E-state index is 11.2. The molecule has 4 nitrogen and oxygen atoms in total. The zero-order chi connectivity index (χ0) is 11.4. The Morgan fingerprint density at radius 2 is 2.00 bits per heavy atom. The first-order valence-electron chi connectivity index (χ1n) is 5.56. The Balaban J connectivity index is 0.00000144. The summed E-state index contributed by atoms with van der Waals surface area (Å²) < 4.78 is 4.63. The van der Waals surface area contributed by atoms with Crippen LogP contribution in [0.2, 0.25) is 0 Å². The lowest BCUT2D eigenvalue weighted by atomic mass is 9.94. The SMILES string of the molecule is COC(=O)c1ccc(C2CCNCC2)nc1.Cl.Cl. The van der Waals surface area contributed by atoms with Crippen LogP contribution in [-0.2, 0) is 4.74 Å². The van der Waals surface area contributed by atoms with Crippen molar-refractivity contribution in [3.8, 4) is 0 Å². The van der Waals surface area contributed by atoms with E-state index in [0.717, 1.165) is 31.6 Å². The van der Waals surface area contributed by atoms with Crippen molar-refractivity contribution in [3.63, 3.8) is 0 Å². The molecule has 102 valence electrons.